The number of carbonyl (C=O) groups is 1. The summed E-state index contributed by atoms with van der Waals surface area (Å²) in [4.78, 5) is 26.3. The molecule has 2 N–H and O–H groups in total. The van der Waals surface area contributed by atoms with Crippen molar-refractivity contribution in [2.45, 2.75) is 65.8 Å². The molecule has 0 saturated carbocycles. The van der Waals surface area contributed by atoms with Gasteiger partial charge in [0, 0.05) is 24.2 Å². The molecule has 1 rings (SSSR count). The molecule has 0 radical (unpaired) electrons. The maximum absolute atomic E-state index is 11.8. The summed E-state index contributed by atoms with van der Waals surface area (Å²) < 4.78 is 0. The molecule has 4 heteroatoms. The second-order valence-electron chi connectivity index (χ2n) is 5.38. The monoisotopic (exact) mass is 278 g/mol. The zero-order valence-electron chi connectivity index (χ0n) is 12.8. The number of hydrogen-bond donors (Lipinski definition) is 2. The van der Waals surface area contributed by atoms with Gasteiger partial charge in [-0.2, -0.15) is 0 Å². The van der Waals surface area contributed by atoms with Crippen molar-refractivity contribution in [3.8, 4) is 0 Å². The summed E-state index contributed by atoms with van der Waals surface area (Å²) in [5.41, 5.74) is 2.31. The predicted octanol–water partition coefficient (Wildman–Crippen LogP) is 2.97. The predicted molar refractivity (Wildman–Crippen MR) is 81.8 cm³/mol. The first-order valence-corrected chi connectivity index (χ1v) is 7.50. The lowest BCUT2D eigenvalue weighted by Crippen LogP contribution is -2.27. The van der Waals surface area contributed by atoms with Gasteiger partial charge >= 0.3 is 0 Å². The van der Waals surface area contributed by atoms with Crippen molar-refractivity contribution in [1.82, 2.24) is 10.3 Å². The number of rotatable bonds is 8. The Hall–Kier alpha value is -1.58. The molecule has 4 nitrogen and oxygen atoms in total. The normalized spacial score (nSPS) is 10.6. The van der Waals surface area contributed by atoms with E-state index in [9.17, 15) is 9.59 Å². The molecule has 1 aromatic rings. The quantitative estimate of drug-likeness (QED) is 0.718. The highest BCUT2D eigenvalue weighted by atomic mass is 16.1. The number of hydrogen-bond acceptors (Lipinski definition) is 2. The van der Waals surface area contributed by atoms with E-state index in [1.54, 1.807) is 0 Å². The Bertz CT molecular complexity index is 492. The number of amides is 1. The summed E-state index contributed by atoms with van der Waals surface area (Å²) in [7, 11) is 0. The number of aromatic amines is 1. The Morgan fingerprint density at radius 1 is 1.20 bits per heavy atom. The van der Waals surface area contributed by atoms with Gasteiger partial charge in [-0.05, 0) is 31.9 Å². The highest BCUT2D eigenvalue weighted by Crippen LogP contribution is 2.06. The highest BCUT2D eigenvalue weighted by Gasteiger charge is 2.07. The fraction of sp³-hybridized carbons (Fsp3) is 0.625. The largest absolute Gasteiger partial charge is 0.352 e. The maximum atomic E-state index is 11.8. The molecule has 0 aliphatic carbocycles. The first kappa shape index (κ1) is 16.5. The smallest absolute Gasteiger partial charge is 0.253 e. The van der Waals surface area contributed by atoms with Crippen LogP contribution in [0.1, 0.15) is 62.3 Å². The lowest BCUT2D eigenvalue weighted by Gasteiger charge is -2.08. The van der Waals surface area contributed by atoms with Gasteiger partial charge in [-0.3, -0.25) is 9.59 Å². The van der Waals surface area contributed by atoms with Gasteiger partial charge in [0.1, 0.15) is 0 Å². The number of nitrogens with one attached hydrogen (secondary N) is 2. The molecule has 0 aliphatic rings. The van der Waals surface area contributed by atoms with Crippen LogP contribution in [0.5, 0.6) is 0 Å². The van der Waals surface area contributed by atoms with Crippen molar-refractivity contribution in [3.63, 3.8) is 0 Å². The van der Waals surface area contributed by atoms with Crippen LogP contribution < -0.4 is 10.9 Å². The minimum Gasteiger partial charge on any atom is -0.352 e. The molecule has 112 valence electrons. The van der Waals surface area contributed by atoms with Gasteiger partial charge in [0.15, 0.2) is 0 Å². The lowest BCUT2D eigenvalue weighted by atomic mass is 10.1. The highest BCUT2D eigenvalue weighted by molar-refractivity contribution is 5.75. The van der Waals surface area contributed by atoms with E-state index in [0.29, 0.717) is 18.5 Å². The first-order valence-electron chi connectivity index (χ1n) is 7.50. The third kappa shape index (κ3) is 5.59. The van der Waals surface area contributed by atoms with Crippen LogP contribution in [-0.4, -0.2) is 10.9 Å². The van der Waals surface area contributed by atoms with Crippen LogP contribution in [0.4, 0.5) is 0 Å². The van der Waals surface area contributed by atoms with Crippen LogP contribution in [0, 0.1) is 13.8 Å². The SMILES string of the molecule is CCCCCCCC(=O)NCc1c(C)cc(C)[nH]c1=O. The van der Waals surface area contributed by atoms with E-state index in [-0.39, 0.29) is 11.5 Å². The standard InChI is InChI=1S/C16H26N2O2/c1-4-5-6-7-8-9-15(19)17-11-14-12(2)10-13(3)18-16(14)20/h10H,4-9,11H2,1-3H3,(H,17,19)(H,18,20). The third-order valence-corrected chi connectivity index (χ3v) is 3.46. The number of aryl methyl sites for hydroxylation is 2. The zero-order chi connectivity index (χ0) is 15.0. The van der Waals surface area contributed by atoms with Gasteiger partial charge in [0.2, 0.25) is 5.91 Å². The Morgan fingerprint density at radius 3 is 2.55 bits per heavy atom. The van der Waals surface area contributed by atoms with Crippen molar-refractivity contribution in [2.24, 2.45) is 0 Å². The molecule has 1 aromatic heterocycles. The summed E-state index contributed by atoms with van der Waals surface area (Å²) in [6.07, 6.45) is 6.22. The molecule has 0 aliphatic heterocycles. The van der Waals surface area contributed by atoms with E-state index in [0.717, 1.165) is 24.1 Å². The fourth-order valence-electron chi connectivity index (χ4n) is 2.27. The number of H-pyrrole nitrogens is 1. The first-order chi connectivity index (χ1) is 9.54. The fourth-order valence-corrected chi connectivity index (χ4v) is 2.27. The van der Waals surface area contributed by atoms with Gasteiger partial charge < -0.3 is 10.3 Å². The van der Waals surface area contributed by atoms with Crippen LogP contribution in [0.25, 0.3) is 0 Å². The second-order valence-corrected chi connectivity index (χ2v) is 5.38. The van der Waals surface area contributed by atoms with Gasteiger partial charge in [0.05, 0.1) is 0 Å². The molecule has 0 atom stereocenters. The van der Waals surface area contributed by atoms with Gasteiger partial charge in [-0.1, -0.05) is 32.6 Å². The maximum Gasteiger partial charge on any atom is 0.253 e. The van der Waals surface area contributed by atoms with Crippen molar-refractivity contribution in [2.75, 3.05) is 0 Å². The Kier molecular flexibility index (Phi) is 7.05. The van der Waals surface area contributed by atoms with E-state index in [1.165, 1.54) is 19.3 Å². The van der Waals surface area contributed by atoms with Gasteiger partial charge in [-0.15, -0.1) is 0 Å². The van der Waals surface area contributed by atoms with E-state index in [1.807, 2.05) is 19.9 Å². The molecular weight excluding hydrogens is 252 g/mol. The minimum absolute atomic E-state index is 0.0286. The molecule has 0 saturated heterocycles. The lowest BCUT2D eigenvalue weighted by molar-refractivity contribution is -0.121. The summed E-state index contributed by atoms with van der Waals surface area (Å²) in [5.74, 6) is 0.0286. The van der Waals surface area contributed by atoms with E-state index in [2.05, 4.69) is 17.2 Å². The Labute approximate surface area is 121 Å². The average Bonchev–Trinajstić information content (AvgIpc) is 2.37. The van der Waals surface area contributed by atoms with Crippen molar-refractivity contribution < 1.29 is 4.79 Å². The zero-order valence-corrected chi connectivity index (χ0v) is 12.8. The summed E-state index contributed by atoms with van der Waals surface area (Å²) in [6, 6.07) is 1.92. The van der Waals surface area contributed by atoms with Crippen molar-refractivity contribution in [1.29, 1.82) is 0 Å². The van der Waals surface area contributed by atoms with Crippen LogP contribution in [-0.2, 0) is 11.3 Å². The summed E-state index contributed by atoms with van der Waals surface area (Å²) in [6.45, 7) is 6.24. The average molecular weight is 278 g/mol. The molecule has 0 unspecified atom stereocenters. The topological polar surface area (TPSA) is 62.0 Å². The van der Waals surface area contributed by atoms with Crippen LogP contribution >= 0.6 is 0 Å². The van der Waals surface area contributed by atoms with Crippen LogP contribution in [0.2, 0.25) is 0 Å². The summed E-state index contributed by atoms with van der Waals surface area (Å²) in [5, 5.41) is 2.83. The number of pyridine rings is 1. The Morgan fingerprint density at radius 2 is 1.90 bits per heavy atom. The van der Waals surface area contributed by atoms with E-state index in [4.69, 9.17) is 0 Å². The molecule has 0 fully saturated rings. The molecule has 20 heavy (non-hydrogen) atoms. The third-order valence-electron chi connectivity index (χ3n) is 3.46. The van der Waals surface area contributed by atoms with Crippen molar-refractivity contribution in [3.05, 3.63) is 33.2 Å². The number of aromatic nitrogens is 1. The molecule has 0 bridgehead atoms. The minimum atomic E-state index is -0.106. The summed E-state index contributed by atoms with van der Waals surface area (Å²) >= 11 is 0. The van der Waals surface area contributed by atoms with E-state index >= 15 is 0 Å². The Balaban J connectivity index is 2.36. The van der Waals surface area contributed by atoms with E-state index < -0.39 is 0 Å². The molecule has 1 amide bonds. The van der Waals surface area contributed by atoms with Crippen molar-refractivity contribution >= 4 is 5.91 Å². The second kappa shape index (κ2) is 8.56. The number of carbonyl (C=O) groups excluding carboxylic acids is 1. The number of unbranched alkanes of at least 4 members (excludes halogenated alkanes) is 4. The van der Waals surface area contributed by atoms with Crippen LogP contribution in [0.3, 0.4) is 0 Å². The molecular formula is C16H26N2O2. The molecule has 0 aromatic carbocycles. The molecule has 1 heterocycles. The van der Waals surface area contributed by atoms with Gasteiger partial charge in [-0.25, -0.2) is 0 Å². The van der Waals surface area contributed by atoms with Crippen LogP contribution in [0.15, 0.2) is 10.9 Å². The molecule has 0 spiro atoms. The van der Waals surface area contributed by atoms with Gasteiger partial charge in [0.25, 0.3) is 5.56 Å².